The van der Waals surface area contributed by atoms with Gasteiger partial charge in [-0.25, -0.2) is 9.18 Å². The second-order valence-corrected chi connectivity index (χ2v) is 6.55. The normalized spacial score (nSPS) is 22.9. The van der Waals surface area contributed by atoms with Crippen molar-refractivity contribution in [2.45, 2.75) is 56.6 Å². The predicted molar refractivity (Wildman–Crippen MR) is 82.0 cm³/mol. The van der Waals surface area contributed by atoms with Gasteiger partial charge in [0.2, 0.25) is 0 Å². The maximum absolute atomic E-state index is 13.4. The first-order chi connectivity index (χ1) is 10.6. The van der Waals surface area contributed by atoms with Gasteiger partial charge in [-0.1, -0.05) is 25.3 Å². The summed E-state index contributed by atoms with van der Waals surface area (Å²) in [6.07, 6.45) is 6.29. The molecule has 4 nitrogen and oxygen atoms in total. The number of hydrogen-bond acceptors (Lipinski definition) is 2. The van der Waals surface area contributed by atoms with Crippen LogP contribution in [-0.2, 0) is 6.42 Å². The van der Waals surface area contributed by atoms with E-state index in [0.717, 1.165) is 56.1 Å². The van der Waals surface area contributed by atoms with Crippen LogP contribution in [0.3, 0.4) is 0 Å². The minimum Gasteiger partial charge on any atom is -0.388 e. The number of aryl methyl sites for hydroxylation is 1. The van der Waals surface area contributed by atoms with E-state index in [2.05, 4.69) is 10.6 Å². The highest BCUT2D eigenvalue weighted by molar-refractivity contribution is 5.74. The lowest BCUT2D eigenvalue weighted by molar-refractivity contribution is 0.00712. The van der Waals surface area contributed by atoms with Gasteiger partial charge in [-0.15, -0.1) is 0 Å². The van der Waals surface area contributed by atoms with Gasteiger partial charge in [-0.2, -0.15) is 0 Å². The fourth-order valence-corrected chi connectivity index (χ4v) is 3.56. The fraction of sp³-hybridized carbons (Fsp3) is 0.588. The first-order valence-electron chi connectivity index (χ1n) is 8.11. The quantitative estimate of drug-likeness (QED) is 0.804. The number of nitrogens with one attached hydrogen (secondary N) is 2. The van der Waals surface area contributed by atoms with Crippen LogP contribution in [0.25, 0.3) is 0 Å². The third-order valence-corrected chi connectivity index (χ3v) is 4.85. The molecule has 1 aromatic carbocycles. The summed E-state index contributed by atoms with van der Waals surface area (Å²) >= 11 is 0. The summed E-state index contributed by atoms with van der Waals surface area (Å²) in [7, 11) is 0. The largest absolute Gasteiger partial charge is 0.388 e. The lowest BCUT2D eigenvalue weighted by Gasteiger charge is -2.32. The molecule has 0 aromatic heterocycles. The molecule has 1 saturated carbocycles. The van der Waals surface area contributed by atoms with Gasteiger partial charge in [-0.3, -0.25) is 0 Å². The SMILES string of the molecule is O=C(NCC1(O)CCCCC1)NC1CCc2ccc(F)cc21. The Balaban J connectivity index is 1.54. The Morgan fingerprint density at radius 3 is 2.86 bits per heavy atom. The molecule has 3 N–H and O–H groups in total. The van der Waals surface area contributed by atoms with E-state index >= 15 is 0 Å². The van der Waals surface area contributed by atoms with Crippen LogP contribution in [0, 0.1) is 5.82 Å². The van der Waals surface area contributed by atoms with Crippen molar-refractivity contribution in [1.82, 2.24) is 10.6 Å². The van der Waals surface area contributed by atoms with E-state index in [-0.39, 0.29) is 24.4 Å². The molecule has 0 spiro atoms. The zero-order valence-corrected chi connectivity index (χ0v) is 12.7. The Morgan fingerprint density at radius 1 is 1.32 bits per heavy atom. The third kappa shape index (κ3) is 3.40. The van der Waals surface area contributed by atoms with Crippen LogP contribution in [0.5, 0.6) is 0 Å². The van der Waals surface area contributed by atoms with Gasteiger partial charge in [0.15, 0.2) is 0 Å². The summed E-state index contributed by atoms with van der Waals surface area (Å²) in [5, 5.41) is 16.0. The molecule has 3 rings (SSSR count). The van der Waals surface area contributed by atoms with Crippen molar-refractivity contribution in [3.63, 3.8) is 0 Å². The average Bonchev–Trinajstić information content (AvgIpc) is 2.88. The molecular weight excluding hydrogens is 283 g/mol. The first kappa shape index (κ1) is 15.3. The number of rotatable bonds is 3. The molecule has 0 radical (unpaired) electrons. The topological polar surface area (TPSA) is 61.4 Å². The lowest BCUT2D eigenvalue weighted by atomic mass is 9.85. The van der Waals surface area contributed by atoms with E-state index in [1.165, 1.54) is 12.1 Å². The smallest absolute Gasteiger partial charge is 0.315 e. The van der Waals surface area contributed by atoms with Gasteiger partial charge in [0.25, 0.3) is 0 Å². The Morgan fingerprint density at radius 2 is 2.09 bits per heavy atom. The molecule has 1 atom stereocenters. The highest BCUT2D eigenvalue weighted by atomic mass is 19.1. The summed E-state index contributed by atoms with van der Waals surface area (Å²) in [5.41, 5.74) is 1.19. The van der Waals surface area contributed by atoms with Crippen LogP contribution in [0.15, 0.2) is 18.2 Å². The van der Waals surface area contributed by atoms with E-state index in [9.17, 15) is 14.3 Å². The Labute approximate surface area is 130 Å². The number of halogens is 1. The molecule has 0 bridgehead atoms. The molecule has 120 valence electrons. The van der Waals surface area contributed by atoms with E-state index in [4.69, 9.17) is 0 Å². The zero-order chi connectivity index (χ0) is 15.6. The summed E-state index contributed by atoms with van der Waals surface area (Å²) in [5.74, 6) is -0.274. The van der Waals surface area contributed by atoms with Crippen molar-refractivity contribution >= 4 is 6.03 Å². The predicted octanol–water partition coefficient (Wildman–Crippen LogP) is 2.81. The number of carbonyl (C=O) groups excluding carboxylic acids is 1. The number of aliphatic hydroxyl groups is 1. The van der Waals surface area contributed by atoms with Gasteiger partial charge in [-0.05, 0) is 48.9 Å². The minimum absolute atomic E-state index is 0.147. The third-order valence-electron chi connectivity index (χ3n) is 4.85. The van der Waals surface area contributed by atoms with Crippen molar-refractivity contribution in [1.29, 1.82) is 0 Å². The number of carbonyl (C=O) groups is 1. The number of benzene rings is 1. The van der Waals surface area contributed by atoms with Gasteiger partial charge in [0, 0.05) is 6.54 Å². The van der Waals surface area contributed by atoms with Gasteiger partial charge in [0.05, 0.1) is 11.6 Å². The standard InChI is InChI=1S/C17H23FN2O2/c18-13-6-4-12-5-7-15(14(12)10-13)20-16(21)19-11-17(22)8-2-1-3-9-17/h4,6,10,15,22H,1-3,5,7-9,11H2,(H2,19,20,21). The van der Waals surface area contributed by atoms with Crippen molar-refractivity contribution < 1.29 is 14.3 Å². The monoisotopic (exact) mass is 306 g/mol. The maximum atomic E-state index is 13.4. The molecular formula is C17H23FN2O2. The van der Waals surface area contributed by atoms with Gasteiger partial charge < -0.3 is 15.7 Å². The van der Waals surface area contributed by atoms with Crippen molar-refractivity contribution in [2.24, 2.45) is 0 Å². The Bertz CT molecular complexity index is 556. The van der Waals surface area contributed by atoms with Crippen LogP contribution in [0.1, 0.15) is 55.7 Å². The van der Waals surface area contributed by atoms with Crippen LogP contribution >= 0.6 is 0 Å². The number of hydrogen-bond donors (Lipinski definition) is 3. The molecule has 0 heterocycles. The lowest BCUT2D eigenvalue weighted by Crippen LogP contribution is -2.47. The average molecular weight is 306 g/mol. The number of urea groups is 1. The van der Waals surface area contributed by atoms with E-state index in [1.54, 1.807) is 6.07 Å². The van der Waals surface area contributed by atoms with Gasteiger partial charge in [0.1, 0.15) is 5.82 Å². The van der Waals surface area contributed by atoms with E-state index in [1.807, 2.05) is 0 Å². The van der Waals surface area contributed by atoms with Crippen molar-refractivity contribution in [2.75, 3.05) is 6.54 Å². The Hall–Kier alpha value is -1.62. The van der Waals surface area contributed by atoms with Crippen LogP contribution in [0.4, 0.5) is 9.18 Å². The molecule has 2 amide bonds. The highest BCUT2D eigenvalue weighted by Crippen LogP contribution is 2.31. The highest BCUT2D eigenvalue weighted by Gasteiger charge is 2.30. The molecule has 2 aliphatic rings. The fourth-order valence-electron chi connectivity index (χ4n) is 3.56. The van der Waals surface area contributed by atoms with Crippen molar-refractivity contribution in [3.8, 4) is 0 Å². The second-order valence-electron chi connectivity index (χ2n) is 6.55. The summed E-state index contributed by atoms with van der Waals surface area (Å²) in [6, 6.07) is 4.31. The molecule has 0 saturated heterocycles. The summed E-state index contributed by atoms with van der Waals surface area (Å²) < 4.78 is 13.4. The number of fused-ring (bicyclic) bond motifs is 1. The van der Waals surface area contributed by atoms with E-state index < -0.39 is 5.60 Å². The van der Waals surface area contributed by atoms with Gasteiger partial charge >= 0.3 is 6.03 Å². The zero-order valence-electron chi connectivity index (χ0n) is 12.7. The minimum atomic E-state index is -0.769. The van der Waals surface area contributed by atoms with Crippen LogP contribution < -0.4 is 10.6 Å². The van der Waals surface area contributed by atoms with Crippen LogP contribution in [0.2, 0.25) is 0 Å². The van der Waals surface area contributed by atoms with Crippen LogP contribution in [-0.4, -0.2) is 23.3 Å². The number of amides is 2. The molecule has 1 aromatic rings. The van der Waals surface area contributed by atoms with Crippen molar-refractivity contribution in [3.05, 3.63) is 35.1 Å². The molecule has 2 aliphatic carbocycles. The Kier molecular flexibility index (Phi) is 4.34. The second kappa shape index (κ2) is 6.24. The summed E-state index contributed by atoms with van der Waals surface area (Å²) in [6.45, 7) is 0.279. The molecule has 22 heavy (non-hydrogen) atoms. The molecule has 0 aliphatic heterocycles. The molecule has 1 unspecified atom stereocenters. The first-order valence-corrected chi connectivity index (χ1v) is 8.11. The maximum Gasteiger partial charge on any atom is 0.315 e. The summed E-state index contributed by atoms with van der Waals surface area (Å²) in [4.78, 5) is 12.1. The molecule has 5 heteroatoms. The molecule has 1 fully saturated rings. The van der Waals surface area contributed by atoms with E-state index in [0.29, 0.717) is 0 Å².